The van der Waals surface area contributed by atoms with Crippen LogP contribution in [-0.4, -0.2) is 49.8 Å². The molecule has 1 N–H and O–H groups in total. The zero-order valence-corrected chi connectivity index (χ0v) is 10.3. The van der Waals surface area contributed by atoms with Crippen molar-refractivity contribution >= 4 is 0 Å². The van der Waals surface area contributed by atoms with Crippen molar-refractivity contribution in [2.75, 3.05) is 26.8 Å². The van der Waals surface area contributed by atoms with Crippen LogP contribution in [0.5, 0.6) is 0 Å². The predicted molar refractivity (Wildman–Crippen MR) is 64.5 cm³/mol. The van der Waals surface area contributed by atoms with Crippen LogP contribution in [0.4, 0.5) is 0 Å². The molecule has 3 rings (SSSR count). The summed E-state index contributed by atoms with van der Waals surface area (Å²) in [6.45, 7) is 3.10. The van der Waals surface area contributed by atoms with Gasteiger partial charge < -0.3 is 15.0 Å². The number of hydrogen-bond acceptors (Lipinski definition) is 3. The van der Waals surface area contributed by atoms with Crippen molar-refractivity contribution in [2.45, 2.75) is 50.2 Å². The highest BCUT2D eigenvalue weighted by Gasteiger charge is 2.38. The molecule has 0 radical (unpaired) electrons. The molecule has 3 atom stereocenters. The van der Waals surface area contributed by atoms with Crippen molar-refractivity contribution in [2.24, 2.45) is 5.92 Å². The number of rotatable bonds is 3. The summed E-state index contributed by atoms with van der Waals surface area (Å²) in [4.78, 5) is 2.62. The zero-order chi connectivity index (χ0) is 11.0. The molecule has 3 aliphatic heterocycles. The first-order valence-electron chi connectivity index (χ1n) is 6.86. The third-order valence-corrected chi connectivity index (χ3v) is 4.82. The van der Waals surface area contributed by atoms with Gasteiger partial charge in [-0.05, 0) is 51.6 Å². The molecule has 0 amide bonds. The molecule has 0 aromatic carbocycles. The van der Waals surface area contributed by atoms with Gasteiger partial charge in [-0.15, -0.1) is 0 Å². The molecule has 0 spiro atoms. The lowest BCUT2D eigenvalue weighted by atomic mass is 9.91. The number of nitrogens with one attached hydrogen (secondary N) is 1. The minimum atomic E-state index is 0.636. The maximum Gasteiger partial charge on any atom is 0.0620 e. The maximum atomic E-state index is 5.40. The zero-order valence-electron chi connectivity index (χ0n) is 10.3. The van der Waals surface area contributed by atoms with E-state index in [0.717, 1.165) is 31.2 Å². The van der Waals surface area contributed by atoms with Gasteiger partial charge in [0.25, 0.3) is 0 Å². The first-order chi connectivity index (χ1) is 7.83. The summed E-state index contributed by atoms with van der Waals surface area (Å²) in [5, 5.41) is 3.69. The van der Waals surface area contributed by atoms with Crippen molar-refractivity contribution in [1.29, 1.82) is 0 Å². The fraction of sp³-hybridized carbons (Fsp3) is 1.00. The fourth-order valence-corrected chi connectivity index (χ4v) is 3.72. The summed E-state index contributed by atoms with van der Waals surface area (Å²) in [7, 11) is 2.32. The summed E-state index contributed by atoms with van der Waals surface area (Å²) in [6.07, 6.45) is 6.90. The monoisotopic (exact) mass is 224 g/mol. The van der Waals surface area contributed by atoms with Gasteiger partial charge in [-0.2, -0.15) is 0 Å². The van der Waals surface area contributed by atoms with E-state index < -0.39 is 0 Å². The van der Waals surface area contributed by atoms with Crippen LogP contribution in [0.2, 0.25) is 0 Å². The molecule has 3 heterocycles. The highest BCUT2D eigenvalue weighted by atomic mass is 16.5. The Morgan fingerprint density at radius 1 is 1.19 bits per heavy atom. The summed E-state index contributed by atoms with van der Waals surface area (Å²) in [5.74, 6) is 0.911. The van der Waals surface area contributed by atoms with Crippen LogP contribution in [0.3, 0.4) is 0 Å². The lowest BCUT2D eigenvalue weighted by Gasteiger charge is -2.36. The van der Waals surface area contributed by atoms with E-state index in [0.29, 0.717) is 6.04 Å². The third-order valence-electron chi connectivity index (χ3n) is 4.82. The fourth-order valence-electron chi connectivity index (χ4n) is 3.72. The Hall–Kier alpha value is -0.120. The van der Waals surface area contributed by atoms with Crippen LogP contribution >= 0.6 is 0 Å². The Morgan fingerprint density at radius 3 is 2.56 bits per heavy atom. The summed E-state index contributed by atoms with van der Waals surface area (Å²) < 4.78 is 5.40. The Labute approximate surface area is 98.5 Å². The van der Waals surface area contributed by atoms with Crippen molar-refractivity contribution in [1.82, 2.24) is 10.2 Å². The summed E-state index contributed by atoms with van der Waals surface area (Å²) in [6, 6.07) is 2.40. The average molecular weight is 224 g/mol. The van der Waals surface area contributed by atoms with E-state index in [1.807, 2.05) is 0 Å². The minimum absolute atomic E-state index is 0.636. The largest absolute Gasteiger partial charge is 0.380 e. The van der Waals surface area contributed by atoms with Crippen LogP contribution in [-0.2, 0) is 4.74 Å². The second kappa shape index (κ2) is 4.63. The lowest BCUT2D eigenvalue weighted by molar-refractivity contribution is 0.130. The topological polar surface area (TPSA) is 24.5 Å². The highest BCUT2D eigenvalue weighted by Crippen LogP contribution is 2.37. The van der Waals surface area contributed by atoms with Crippen molar-refractivity contribution in [3.8, 4) is 0 Å². The quantitative estimate of drug-likeness (QED) is 0.780. The van der Waals surface area contributed by atoms with Gasteiger partial charge in [-0.25, -0.2) is 0 Å². The molecular formula is C13H24N2O. The Morgan fingerprint density at radius 2 is 1.94 bits per heavy atom. The smallest absolute Gasteiger partial charge is 0.0620 e. The highest BCUT2D eigenvalue weighted by molar-refractivity contribution is 4.94. The van der Waals surface area contributed by atoms with Gasteiger partial charge in [0, 0.05) is 24.7 Å². The van der Waals surface area contributed by atoms with Crippen molar-refractivity contribution in [3.63, 3.8) is 0 Å². The summed E-state index contributed by atoms with van der Waals surface area (Å²) in [5.41, 5.74) is 0. The average Bonchev–Trinajstić information content (AvgIpc) is 2.84. The first kappa shape index (κ1) is 11.0. The van der Waals surface area contributed by atoms with E-state index in [9.17, 15) is 0 Å². The van der Waals surface area contributed by atoms with Gasteiger partial charge in [0.15, 0.2) is 0 Å². The first-order valence-corrected chi connectivity index (χ1v) is 6.86. The van der Waals surface area contributed by atoms with Crippen LogP contribution in [0, 0.1) is 5.92 Å². The number of hydrogen-bond donors (Lipinski definition) is 1. The van der Waals surface area contributed by atoms with Crippen LogP contribution in [0.1, 0.15) is 32.1 Å². The van der Waals surface area contributed by atoms with E-state index in [1.54, 1.807) is 0 Å². The molecule has 3 nitrogen and oxygen atoms in total. The van der Waals surface area contributed by atoms with Crippen LogP contribution < -0.4 is 5.32 Å². The Bertz CT molecular complexity index is 226. The van der Waals surface area contributed by atoms with Crippen LogP contribution in [0.25, 0.3) is 0 Å². The van der Waals surface area contributed by atoms with E-state index in [-0.39, 0.29) is 0 Å². The number of ether oxygens (including phenoxy) is 1. The van der Waals surface area contributed by atoms with E-state index in [1.165, 1.54) is 38.6 Å². The van der Waals surface area contributed by atoms with E-state index >= 15 is 0 Å². The standard InChI is InChI=1S/C13H24N2O/c1-15-12-2-3-13(15)7-10(6-12)8-14-11-4-5-16-9-11/h10-14H,2-9H2,1H3. The number of fused-ring (bicyclic) bond motifs is 2. The molecule has 3 saturated heterocycles. The molecule has 0 aromatic rings. The Kier molecular flexibility index (Phi) is 3.18. The molecule has 92 valence electrons. The van der Waals surface area contributed by atoms with Gasteiger partial charge in [0.05, 0.1) is 6.61 Å². The molecule has 3 heteroatoms. The normalized spacial score (nSPS) is 44.1. The number of piperidine rings is 1. The van der Waals surface area contributed by atoms with E-state index in [2.05, 4.69) is 17.3 Å². The Balaban J connectivity index is 1.46. The SMILES string of the molecule is CN1C2CCC1CC(CNC1CCOC1)C2. The predicted octanol–water partition coefficient (Wildman–Crippen LogP) is 1.24. The summed E-state index contributed by atoms with van der Waals surface area (Å²) >= 11 is 0. The van der Waals surface area contributed by atoms with Gasteiger partial charge in [0.1, 0.15) is 0 Å². The molecule has 0 aliphatic carbocycles. The maximum absolute atomic E-state index is 5.40. The lowest BCUT2D eigenvalue weighted by Crippen LogP contribution is -2.44. The van der Waals surface area contributed by atoms with Crippen LogP contribution in [0.15, 0.2) is 0 Å². The third kappa shape index (κ3) is 2.13. The second-order valence-electron chi connectivity index (χ2n) is 5.86. The van der Waals surface area contributed by atoms with Crippen molar-refractivity contribution in [3.05, 3.63) is 0 Å². The molecule has 2 bridgehead atoms. The molecule has 3 aliphatic rings. The molecule has 0 aromatic heterocycles. The second-order valence-corrected chi connectivity index (χ2v) is 5.86. The van der Waals surface area contributed by atoms with Gasteiger partial charge in [0.2, 0.25) is 0 Å². The van der Waals surface area contributed by atoms with Gasteiger partial charge >= 0.3 is 0 Å². The van der Waals surface area contributed by atoms with Gasteiger partial charge in [-0.3, -0.25) is 0 Å². The molecular weight excluding hydrogens is 200 g/mol. The molecule has 3 fully saturated rings. The molecule has 16 heavy (non-hydrogen) atoms. The molecule has 3 unspecified atom stereocenters. The molecule has 0 saturated carbocycles. The van der Waals surface area contributed by atoms with E-state index in [4.69, 9.17) is 4.74 Å². The van der Waals surface area contributed by atoms with Gasteiger partial charge in [-0.1, -0.05) is 0 Å². The minimum Gasteiger partial charge on any atom is -0.380 e. The van der Waals surface area contributed by atoms with Crippen molar-refractivity contribution < 1.29 is 4.74 Å². The number of nitrogens with zero attached hydrogens (tertiary/aromatic N) is 1.